The number of fused-ring (bicyclic) bond motifs is 1. The Morgan fingerprint density at radius 1 is 0.944 bits per heavy atom. The van der Waals surface area contributed by atoms with E-state index in [0.717, 1.165) is 11.8 Å². The van der Waals surface area contributed by atoms with Crippen LogP contribution in [0.15, 0.2) is 64.5 Å². The van der Waals surface area contributed by atoms with Gasteiger partial charge in [0.2, 0.25) is 5.75 Å². The molecule has 0 saturated heterocycles. The van der Waals surface area contributed by atoms with Crippen molar-refractivity contribution in [2.75, 3.05) is 34.2 Å². The van der Waals surface area contributed by atoms with E-state index in [1.165, 1.54) is 25.9 Å². The number of nitrogens with zero attached hydrogens (tertiary/aromatic N) is 2. The summed E-state index contributed by atoms with van der Waals surface area (Å²) >= 11 is 7.08. The Kier molecular flexibility index (Phi) is 7.71. The molecule has 0 radical (unpaired) electrons. The summed E-state index contributed by atoms with van der Waals surface area (Å²) in [5.74, 6) is 1.37. The minimum absolute atomic E-state index is 0.0408. The van der Waals surface area contributed by atoms with Gasteiger partial charge in [-0.15, -0.1) is 0 Å². The van der Waals surface area contributed by atoms with Gasteiger partial charge in [0.1, 0.15) is 11.3 Å². The number of aromatic nitrogens is 2. The second kappa shape index (κ2) is 10.9. The molecule has 0 aliphatic carbocycles. The Morgan fingerprint density at radius 3 is 2.31 bits per heavy atom. The molecule has 0 spiro atoms. The first kappa shape index (κ1) is 25.4. The molecule has 0 aliphatic rings. The minimum Gasteiger partial charge on any atom is -0.497 e. The molecule has 1 aromatic heterocycles. The summed E-state index contributed by atoms with van der Waals surface area (Å²) in [5.41, 5.74) is 0.964. The number of benzene rings is 3. The lowest BCUT2D eigenvalue weighted by Gasteiger charge is -2.17. The van der Waals surface area contributed by atoms with Gasteiger partial charge in [-0.3, -0.25) is 14.2 Å². The van der Waals surface area contributed by atoms with Crippen molar-refractivity contribution in [1.29, 1.82) is 0 Å². The van der Waals surface area contributed by atoms with Crippen LogP contribution < -0.4 is 24.5 Å². The SMILES string of the molecule is COc1cccc(-n2c(SCC(=O)c3ccc(Cl)cc3)nc3c(OC)c(OC)c(OC)cc3c2=O)c1. The number of thioether (sulfide) groups is 1. The molecular weight excluding hydrogens is 504 g/mol. The van der Waals surface area contributed by atoms with E-state index in [-0.39, 0.29) is 28.2 Å². The van der Waals surface area contributed by atoms with E-state index >= 15 is 0 Å². The standard InChI is InChI=1S/C26H23ClN2O6S/c1-32-18-7-5-6-17(12-18)29-25(31)19-13-21(33-2)23(34-3)24(35-4)22(19)28-26(29)36-14-20(30)15-8-10-16(27)11-9-15/h5-13H,14H2,1-4H3. The quantitative estimate of drug-likeness (QED) is 0.170. The molecule has 186 valence electrons. The summed E-state index contributed by atoms with van der Waals surface area (Å²) in [5, 5.41) is 1.10. The normalized spacial score (nSPS) is 10.8. The Hall–Kier alpha value is -3.69. The zero-order valence-corrected chi connectivity index (χ0v) is 21.6. The highest BCUT2D eigenvalue weighted by atomic mass is 35.5. The number of hydrogen-bond acceptors (Lipinski definition) is 8. The molecule has 0 aliphatic heterocycles. The van der Waals surface area contributed by atoms with Crippen LogP contribution in [-0.2, 0) is 0 Å². The Bertz CT molecular complexity index is 1490. The average Bonchev–Trinajstić information content (AvgIpc) is 2.91. The van der Waals surface area contributed by atoms with Crippen LogP contribution in [0.2, 0.25) is 5.02 Å². The first-order chi connectivity index (χ1) is 17.4. The molecule has 36 heavy (non-hydrogen) atoms. The van der Waals surface area contributed by atoms with Crippen LogP contribution in [0.4, 0.5) is 0 Å². The third-order valence-electron chi connectivity index (χ3n) is 5.45. The fourth-order valence-corrected chi connectivity index (χ4v) is 4.72. The number of hydrogen-bond donors (Lipinski definition) is 0. The number of halogens is 1. The molecule has 0 atom stereocenters. The Labute approximate surface area is 216 Å². The largest absolute Gasteiger partial charge is 0.497 e. The number of ether oxygens (including phenoxy) is 4. The second-order valence-electron chi connectivity index (χ2n) is 7.50. The molecular formula is C26H23ClN2O6S. The molecule has 4 rings (SSSR count). The van der Waals surface area contributed by atoms with E-state index in [9.17, 15) is 9.59 Å². The van der Waals surface area contributed by atoms with Crippen LogP contribution >= 0.6 is 23.4 Å². The molecule has 0 amide bonds. The van der Waals surface area contributed by atoms with E-state index < -0.39 is 0 Å². The van der Waals surface area contributed by atoms with Gasteiger partial charge in [0.25, 0.3) is 5.56 Å². The lowest BCUT2D eigenvalue weighted by molar-refractivity contribution is 0.102. The second-order valence-corrected chi connectivity index (χ2v) is 8.88. The Morgan fingerprint density at radius 2 is 1.67 bits per heavy atom. The highest BCUT2D eigenvalue weighted by Gasteiger charge is 2.23. The van der Waals surface area contributed by atoms with Gasteiger partial charge in [-0.05, 0) is 42.5 Å². The van der Waals surface area contributed by atoms with Crippen molar-refractivity contribution in [2.45, 2.75) is 5.16 Å². The van der Waals surface area contributed by atoms with Crippen LogP contribution in [-0.4, -0.2) is 49.5 Å². The number of Topliss-reactive ketones (excluding diaryl/α,β-unsaturated/α-hetero) is 1. The molecule has 0 fully saturated rings. The van der Waals surface area contributed by atoms with Crippen LogP contribution in [0.25, 0.3) is 16.6 Å². The first-order valence-electron chi connectivity index (χ1n) is 10.7. The number of methoxy groups -OCH3 is 4. The highest BCUT2D eigenvalue weighted by Crippen LogP contribution is 2.42. The van der Waals surface area contributed by atoms with Gasteiger partial charge in [0, 0.05) is 16.7 Å². The summed E-state index contributed by atoms with van der Waals surface area (Å²) in [4.78, 5) is 31.5. The molecule has 1 heterocycles. The summed E-state index contributed by atoms with van der Waals surface area (Å²) in [6.45, 7) is 0. The van der Waals surface area contributed by atoms with E-state index in [0.29, 0.717) is 44.2 Å². The van der Waals surface area contributed by atoms with Gasteiger partial charge in [0.15, 0.2) is 22.4 Å². The van der Waals surface area contributed by atoms with Crippen molar-refractivity contribution in [1.82, 2.24) is 9.55 Å². The van der Waals surface area contributed by atoms with Crippen molar-refractivity contribution in [3.63, 3.8) is 0 Å². The molecule has 3 aromatic carbocycles. The van der Waals surface area contributed by atoms with E-state index in [2.05, 4.69) is 0 Å². The molecule has 0 N–H and O–H groups in total. The van der Waals surface area contributed by atoms with Crippen LogP contribution in [0.1, 0.15) is 10.4 Å². The summed E-state index contributed by atoms with van der Waals surface area (Å²) in [7, 11) is 5.96. The van der Waals surface area contributed by atoms with Crippen molar-refractivity contribution >= 4 is 40.0 Å². The van der Waals surface area contributed by atoms with Gasteiger partial charge in [-0.2, -0.15) is 0 Å². The van der Waals surface area contributed by atoms with Crippen molar-refractivity contribution < 1.29 is 23.7 Å². The minimum atomic E-state index is -0.367. The summed E-state index contributed by atoms with van der Waals surface area (Å²) in [6, 6.07) is 15.2. The number of carbonyl (C=O) groups is 1. The summed E-state index contributed by atoms with van der Waals surface area (Å²) in [6.07, 6.45) is 0. The predicted octanol–water partition coefficient (Wildman–Crippen LogP) is 5.05. The average molecular weight is 527 g/mol. The van der Waals surface area contributed by atoms with Crippen molar-refractivity contribution in [3.8, 4) is 28.7 Å². The third-order valence-corrected chi connectivity index (χ3v) is 6.64. The van der Waals surface area contributed by atoms with E-state index in [1.807, 2.05) is 0 Å². The molecule has 0 unspecified atom stereocenters. The maximum absolute atomic E-state index is 13.9. The number of rotatable bonds is 9. The fraction of sp³-hybridized carbons (Fsp3) is 0.192. The fourth-order valence-electron chi connectivity index (χ4n) is 3.69. The monoisotopic (exact) mass is 526 g/mol. The maximum atomic E-state index is 13.9. The topological polar surface area (TPSA) is 88.9 Å². The first-order valence-corrected chi connectivity index (χ1v) is 12.1. The molecule has 8 nitrogen and oxygen atoms in total. The van der Waals surface area contributed by atoms with Crippen LogP contribution in [0.3, 0.4) is 0 Å². The molecule has 10 heteroatoms. The van der Waals surface area contributed by atoms with Gasteiger partial charge in [-0.1, -0.05) is 29.4 Å². The lowest BCUT2D eigenvalue weighted by Crippen LogP contribution is -2.22. The zero-order chi connectivity index (χ0) is 25.8. The van der Waals surface area contributed by atoms with E-state index in [4.69, 9.17) is 35.5 Å². The molecule has 0 bridgehead atoms. The zero-order valence-electron chi connectivity index (χ0n) is 20.0. The van der Waals surface area contributed by atoms with Crippen molar-refractivity contribution in [2.24, 2.45) is 0 Å². The van der Waals surface area contributed by atoms with Gasteiger partial charge < -0.3 is 18.9 Å². The van der Waals surface area contributed by atoms with Crippen LogP contribution in [0, 0.1) is 0 Å². The predicted molar refractivity (Wildman–Crippen MR) is 140 cm³/mol. The summed E-state index contributed by atoms with van der Waals surface area (Å²) < 4.78 is 23.3. The van der Waals surface area contributed by atoms with Crippen LogP contribution in [0.5, 0.6) is 23.0 Å². The molecule has 0 saturated carbocycles. The van der Waals surface area contributed by atoms with Gasteiger partial charge >= 0.3 is 0 Å². The number of ketones is 1. The van der Waals surface area contributed by atoms with Gasteiger partial charge in [0.05, 0.1) is 45.3 Å². The highest BCUT2D eigenvalue weighted by molar-refractivity contribution is 7.99. The lowest BCUT2D eigenvalue weighted by atomic mass is 10.1. The Balaban J connectivity index is 1.91. The van der Waals surface area contributed by atoms with E-state index in [1.54, 1.807) is 61.7 Å². The van der Waals surface area contributed by atoms with Crippen molar-refractivity contribution in [3.05, 3.63) is 75.5 Å². The maximum Gasteiger partial charge on any atom is 0.266 e. The smallest absolute Gasteiger partial charge is 0.266 e. The van der Waals surface area contributed by atoms with Gasteiger partial charge in [-0.25, -0.2) is 4.98 Å². The number of carbonyl (C=O) groups excluding carboxylic acids is 1. The third kappa shape index (κ3) is 4.84. The molecule has 4 aromatic rings.